The Balaban J connectivity index is 2.06. The van der Waals surface area contributed by atoms with Gasteiger partial charge in [-0.15, -0.1) is 0 Å². The van der Waals surface area contributed by atoms with Crippen LogP contribution in [0.1, 0.15) is 12.5 Å². The Morgan fingerprint density at radius 2 is 2.15 bits per heavy atom. The van der Waals surface area contributed by atoms with Gasteiger partial charge in [-0.1, -0.05) is 42.1 Å². The van der Waals surface area contributed by atoms with Gasteiger partial charge in [0.15, 0.2) is 0 Å². The predicted octanol–water partition coefficient (Wildman–Crippen LogP) is 2.45. The number of esters is 1. The van der Waals surface area contributed by atoms with E-state index in [0.29, 0.717) is 17.3 Å². The fourth-order valence-corrected chi connectivity index (χ4v) is 2.35. The van der Waals surface area contributed by atoms with Crippen molar-refractivity contribution in [3.8, 4) is 0 Å². The van der Waals surface area contributed by atoms with Crippen LogP contribution in [0.4, 0.5) is 4.79 Å². The minimum Gasteiger partial charge on any atom is -0.465 e. The van der Waals surface area contributed by atoms with Crippen LogP contribution in [0.15, 0.2) is 41.0 Å². The second-order valence-corrected chi connectivity index (χ2v) is 4.87. The Kier molecular flexibility index (Phi) is 4.95. The molecule has 1 aliphatic heterocycles. The molecule has 2 amide bonds. The van der Waals surface area contributed by atoms with Crippen LogP contribution in [0, 0.1) is 0 Å². The van der Waals surface area contributed by atoms with Gasteiger partial charge < -0.3 is 10.1 Å². The lowest BCUT2D eigenvalue weighted by Gasteiger charge is -2.03. The number of benzene rings is 1. The summed E-state index contributed by atoms with van der Waals surface area (Å²) in [7, 11) is 0. The third-order valence-electron chi connectivity index (χ3n) is 2.42. The number of thioether (sulfide) groups is 1. The van der Waals surface area contributed by atoms with Crippen molar-refractivity contribution in [1.82, 2.24) is 5.32 Å². The number of rotatable bonds is 4. The summed E-state index contributed by atoms with van der Waals surface area (Å²) in [5.41, 5.74) is 1.56. The molecule has 0 unspecified atom stereocenters. The topological polar surface area (TPSA) is 67.8 Å². The summed E-state index contributed by atoms with van der Waals surface area (Å²) in [6.45, 7) is 2.09. The number of aliphatic imine (C=N–C) groups is 1. The van der Waals surface area contributed by atoms with Crippen LogP contribution in [0.25, 0.3) is 6.08 Å². The minimum absolute atomic E-state index is 0.133. The molecule has 0 aromatic heterocycles. The van der Waals surface area contributed by atoms with Gasteiger partial charge in [0.25, 0.3) is 0 Å². The molecule has 0 bridgehead atoms. The summed E-state index contributed by atoms with van der Waals surface area (Å²) in [6, 6.07) is 9.16. The maximum absolute atomic E-state index is 11.4. The van der Waals surface area contributed by atoms with Gasteiger partial charge in [0.1, 0.15) is 5.04 Å². The molecule has 0 spiro atoms. The average molecular weight is 290 g/mol. The summed E-state index contributed by atoms with van der Waals surface area (Å²) >= 11 is 1.19. The number of nitrogens with zero attached hydrogens (tertiary/aromatic N) is 1. The molecule has 104 valence electrons. The first-order valence-electron chi connectivity index (χ1n) is 6.14. The smallest absolute Gasteiger partial charge is 0.346 e. The number of nitrogens with one attached hydrogen (secondary N) is 1. The standard InChI is InChI=1S/C14H14N2O3S/c1-2-19-12(17)9-20-13-11(15-14(18)16-13)8-10-6-4-3-5-7-10/h3-8H,2,9H2,1H3,(H,15,18). The van der Waals surface area contributed by atoms with E-state index in [-0.39, 0.29) is 11.7 Å². The van der Waals surface area contributed by atoms with Crippen molar-refractivity contribution in [2.75, 3.05) is 12.4 Å². The highest BCUT2D eigenvalue weighted by Crippen LogP contribution is 2.19. The Morgan fingerprint density at radius 3 is 2.85 bits per heavy atom. The van der Waals surface area contributed by atoms with E-state index in [1.165, 1.54) is 11.8 Å². The number of amides is 2. The number of carbonyl (C=O) groups excluding carboxylic acids is 2. The number of hydrogen-bond donors (Lipinski definition) is 1. The number of carbonyl (C=O) groups is 2. The molecule has 0 fully saturated rings. The SMILES string of the molecule is CCOC(=O)CSC1=NC(=O)NC1=Cc1ccccc1. The maximum Gasteiger partial charge on any atom is 0.346 e. The lowest BCUT2D eigenvalue weighted by atomic mass is 10.2. The van der Waals surface area contributed by atoms with E-state index in [9.17, 15) is 9.59 Å². The molecule has 1 heterocycles. The van der Waals surface area contributed by atoms with Crippen LogP contribution in [-0.2, 0) is 9.53 Å². The Hall–Kier alpha value is -2.08. The van der Waals surface area contributed by atoms with Crippen molar-refractivity contribution in [3.63, 3.8) is 0 Å². The zero-order chi connectivity index (χ0) is 14.4. The number of hydrogen-bond acceptors (Lipinski definition) is 4. The summed E-state index contributed by atoms with van der Waals surface area (Å²) in [5, 5.41) is 3.16. The third-order valence-corrected chi connectivity index (χ3v) is 3.38. The molecule has 0 radical (unpaired) electrons. The van der Waals surface area contributed by atoms with Gasteiger partial charge in [-0.25, -0.2) is 4.79 Å². The Labute approximate surface area is 121 Å². The van der Waals surface area contributed by atoms with Gasteiger partial charge in [-0.3, -0.25) is 4.79 Å². The van der Waals surface area contributed by atoms with Crippen LogP contribution in [0.3, 0.4) is 0 Å². The van der Waals surface area contributed by atoms with Crippen molar-refractivity contribution in [3.05, 3.63) is 41.6 Å². The summed E-state index contributed by atoms with van der Waals surface area (Å²) in [5.74, 6) is -0.188. The fourth-order valence-electron chi connectivity index (χ4n) is 1.60. The summed E-state index contributed by atoms with van der Waals surface area (Å²) in [6.07, 6.45) is 1.82. The van der Waals surface area contributed by atoms with E-state index < -0.39 is 6.03 Å². The fraction of sp³-hybridized carbons (Fsp3) is 0.214. The summed E-state index contributed by atoms with van der Waals surface area (Å²) in [4.78, 5) is 26.5. The highest BCUT2D eigenvalue weighted by Gasteiger charge is 2.21. The monoisotopic (exact) mass is 290 g/mol. The minimum atomic E-state index is -0.418. The molecule has 1 aliphatic rings. The third kappa shape index (κ3) is 3.96. The predicted molar refractivity (Wildman–Crippen MR) is 79.5 cm³/mol. The average Bonchev–Trinajstić information content (AvgIpc) is 2.78. The first kappa shape index (κ1) is 14.3. The van der Waals surface area contributed by atoms with Crippen molar-refractivity contribution >= 4 is 34.9 Å². The molecule has 0 aliphatic carbocycles. The van der Waals surface area contributed by atoms with Gasteiger partial charge in [-0.05, 0) is 18.6 Å². The van der Waals surface area contributed by atoms with Crippen molar-refractivity contribution < 1.29 is 14.3 Å². The van der Waals surface area contributed by atoms with Crippen molar-refractivity contribution in [2.45, 2.75) is 6.92 Å². The van der Waals surface area contributed by atoms with Crippen LogP contribution in [0.5, 0.6) is 0 Å². The van der Waals surface area contributed by atoms with E-state index in [2.05, 4.69) is 10.3 Å². The Morgan fingerprint density at radius 1 is 1.40 bits per heavy atom. The van der Waals surface area contributed by atoms with Crippen LogP contribution in [0.2, 0.25) is 0 Å². The molecule has 20 heavy (non-hydrogen) atoms. The molecule has 2 rings (SSSR count). The quantitative estimate of drug-likeness (QED) is 0.865. The lowest BCUT2D eigenvalue weighted by Crippen LogP contribution is -2.14. The van der Waals surface area contributed by atoms with E-state index in [1.807, 2.05) is 36.4 Å². The number of ether oxygens (including phenoxy) is 1. The highest BCUT2D eigenvalue weighted by molar-refractivity contribution is 8.15. The van der Waals surface area contributed by atoms with Gasteiger partial charge in [-0.2, -0.15) is 4.99 Å². The lowest BCUT2D eigenvalue weighted by molar-refractivity contribution is -0.139. The van der Waals surface area contributed by atoms with Crippen LogP contribution < -0.4 is 5.32 Å². The van der Waals surface area contributed by atoms with Gasteiger partial charge in [0.2, 0.25) is 0 Å². The first-order valence-corrected chi connectivity index (χ1v) is 7.13. The summed E-state index contributed by atoms with van der Waals surface area (Å²) < 4.78 is 4.84. The van der Waals surface area contributed by atoms with Crippen molar-refractivity contribution in [2.24, 2.45) is 4.99 Å². The highest BCUT2D eigenvalue weighted by atomic mass is 32.2. The zero-order valence-corrected chi connectivity index (χ0v) is 11.8. The van der Waals surface area contributed by atoms with E-state index in [4.69, 9.17) is 4.74 Å². The van der Waals surface area contributed by atoms with E-state index in [0.717, 1.165) is 5.56 Å². The van der Waals surface area contributed by atoms with Crippen molar-refractivity contribution in [1.29, 1.82) is 0 Å². The first-order chi connectivity index (χ1) is 9.69. The zero-order valence-electron chi connectivity index (χ0n) is 11.0. The van der Waals surface area contributed by atoms with E-state index >= 15 is 0 Å². The Bertz CT molecular complexity index is 567. The normalized spacial score (nSPS) is 15.9. The van der Waals surface area contributed by atoms with E-state index in [1.54, 1.807) is 6.92 Å². The molecule has 6 heteroatoms. The molecule has 0 saturated heterocycles. The molecular formula is C14H14N2O3S. The second-order valence-electron chi connectivity index (χ2n) is 3.91. The molecule has 1 aromatic rings. The number of urea groups is 1. The largest absolute Gasteiger partial charge is 0.465 e. The van der Waals surface area contributed by atoms with Crippen LogP contribution >= 0.6 is 11.8 Å². The molecule has 1 aromatic carbocycles. The molecular weight excluding hydrogens is 276 g/mol. The molecule has 5 nitrogen and oxygen atoms in total. The molecule has 0 saturated carbocycles. The maximum atomic E-state index is 11.4. The van der Waals surface area contributed by atoms with Gasteiger partial charge >= 0.3 is 12.0 Å². The molecule has 1 N–H and O–H groups in total. The second kappa shape index (κ2) is 6.91. The van der Waals surface area contributed by atoms with Gasteiger partial charge in [0.05, 0.1) is 18.1 Å². The van der Waals surface area contributed by atoms with Crippen LogP contribution in [-0.4, -0.2) is 29.4 Å². The molecule has 0 atom stereocenters. The van der Waals surface area contributed by atoms with Gasteiger partial charge in [0, 0.05) is 0 Å².